The smallest absolute Gasteiger partial charge is 0.497 e. The van der Waals surface area contributed by atoms with Crippen molar-refractivity contribution in [2.45, 2.75) is 347 Å². The topological polar surface area (TPSA) is 102 Å². The molecule has 7 aliphatic rings. The Balaban J connectivity index is 0.000000190. The van der Waals surface area contributed by atoms with Crippen LogP contribution < -0.4 is 47.4 Å². The first kappa shape index (κ1) is 116. The predicted molar refractivity (Wildman–Crippen MR) is 587 cm³/mol. The third-order valence-corrected chi connectivity index (χ3v) is 25.7. The van der Waals surface area contributed by atoms with Crippen LogP contribution in [0.3, 0.4) is 0 Å². The number of rotatable bonds is 2. The molecular weight excluding hydrogens is 1800 g/mol. The third kappa shape index (κ3) is 36.6. The van der Waals surface area contributed by atoms with E-state index >= 15 is 0 Å². The number of alkyl halides is 2. The molecule has 11 nitrogen and oxygen atoms in total. The number of fused-ring (bicyclic) bond motifs is 7. The van der Waals surface area contributed by atoms with E-state index in [1.54, 1.807) is 37.5 Å². The summed E-state index contributed by atoms with van der Waals surface area (Å²) in [5, 5.41) is 1.48. The lowest BCUT2D eigenvalue weighted by molar-refractivity contribution is -0.286. The van der Waals surface area contributed by atoms with E-state index in [2.05, 4.69) is 370 Å². The van der Waals surface area contributed by atoms with Crippen molar-refractivity contribution in [2.24, 2.45) is 0 Å². The van der Waals surface area contributed by atoms with Crippen molar-refractivity contribution in [2.75, 3.05) is 47.4 Å². The van der Waals surface area contributed by atoms with Crippen LogP contribution >= 0.6 is 23.2 Å². The molecule has 1 aliphatic carbocycles. The second kappa shape index (κ2) is 48.5. The minimum atomic E-state index is -3.53. The Morgan fingerprint density at radius 3 is 1.06 bits per heavy atom. The molecule has 0 unspecified atom stereocenters. The number of benzene rings is 11. The highest BCUT2D eigenvalue weighted by Gasteiger charge is 2.44. The van der Waals surface area contributed by atoms with Crippen LogP contribution in [0.4, 0.5) is 8.78 Å². The van der Waals surface area contributed by atoms with Gasteiger partial charge in [0.25, 0.3) is 0 Å². The SMILES string of the molecule is CC(C)(C)c1ccc(Cl)cc1.CC(C)(C)c1ccc2c(c1)CCC2.CC(C)(C)c1ccc2c(c1)CCO2.CC(C)(C)c1ccc2c(c1)COC2.CC(C)(C)c1ccc2c(c1)OC(F)(F)O2.CC(C)(C)c1ccc2c(c1)OCC2.CC(C)(C)c1ccc2c(c1)OCCO2.CC(C)(C)c1ccc2c(c1)OCO2.COc1ccc(C(C)(C)C)cc1.COc1ccc(C(C)(C)C)cc1Cl.Cc1cccc(C(C)(C)C)c1. The Bertz CT molecular complexity index is 5430. The molecule has 0 fully saturated rings. The molecule has 6 heterocycles. The lowest BCUT2D eigenvalue weighted by atomic mass is 9.85. The lowest BCUT2D eigenvalue weighted by Gasteiger charge is -2.23. The summed E-state index contributed by atoms with van der Waals surface area (Å²) in [6.07, 6.45) is 2.54. The van der Waals surface area contributed by atoms with E-state index in [0.717, 1.165) is 95.9 Å². The van der Waals surface area contributed by atoms with Crippen LogP contribution in [0, 0.1) is 6.92 Å². The van der Waals surface area contributed by atoms with Gasteiger partial charge in [-0.3, -0.25) is 0 Å². The first-order chi connectivity index (χ1) is 65.2. The number of aryl methyl sites for hydroxylation is 3. The van der Waals surface area contributed by atoms with Crippen molar-refractivity contribution in [1.82, 2.24) is 0 Å². The zero-order valence-electron chi connectivity index (χ0n) is 92.3. The van der Waals surface area contributed by atoms with Gasteiger partial charge < -0.3 is 52.1 Å². The van der Waals surface area contributed by atoms with Crippen molar-refractivity contribution in [3.05, 3.63) is 329 Å². The molecule has 0 saturated carbocycles. The number of halogens is 4. The van der Waals surface area contributed by atoms with Crippen molar-refractivity contribution in [1.29, 1.82) is 0 Å². The monoisotopic (exact) mass is 1970 g/mol. The summed E-state index contributed by atoms with van der Waals surface area (Å²) in [6.45, 7) is 79.6. The van der Waals surface area contributed by atoms with Crippen molar-refractivity contribution < 1.29 is 60.9 Å². The zero-order valence-corrected chi connectivity index (χ0v) is 93.8. The Labute approximate surface area is 858 Å². The quantitative estimate of drug-likeness (QED) is 0.165. The Morgan fingerprint density at radius 1 is 0.262 bits per heavy atom. The van der Waals surface area contributed by atoms with Gasteiger partial charge in [0.2, 0.25) is 6.79 Å². The van der Waals surface area contributed by atoms with Crippen LogP contribution in [0.1, 0.15) is 335 Å². The summed E-state index contributed by atoms with van der Waals surface area (Å²) in [7, 11) is 3.31. The van der Waals surface area contributed by atoms with Gasteiger partial charge >= 0.3 is 6.29 Å². The van der Waals surface area contributed by atoms with Crippen LogP contribution in [0.2, 0.25) is 10.0 Å². The van der Waals surface area contributed by atoms with E-state index in [1.165, 1.54) is 109 Å². The normalized spacial score (nSPS) is 14.4. The Morgan fingerprint density at radius 2 is 0.596 bits per heavy atom. The van der Waals surface area contributed by atoms with Crippen LogP contribution in [0.5, 0.6) is 57.5 Å². The van der Waals surface area contributed by atoms with Crippen molar-refractivity contribution in [3.8, 4) is 57.5 Å². The fraction of sp³-hybridized carbons (Fsp3) is 0.476. The zero-order chi connectivity index (χ0) is 105. The largest absolute Gasteiger partial charge is 0.586 e. The highest BCUT2D eigenvalue weighted by atomic mass is 35.5. The molecule has 6 aliphatic heterocycles. The molecule has 0 saturated heterocycles. The molecule has 11 aromatic carbocycles. The van der Waals surface area contributed by atoms with Gasteiger partial charge in [-0.25, -0.2) is 0 Å². The average molecular weight is 1970 g/mol. The van der Waals surface area contributed by atoms with E-state index < -0.39 is 6.29 Å². The molecule has 766 valence electrons. The summed E-state index contributed by atoms with van der Waals surface area (Å²) in [5.74, 6) is 7.48. The van der Waals surface area contributed by atoms with Gasteiger partial charge in [0.1, 0.15) is 36.2 Å². The van der Waals surface area contributed by atoms with Crippen LogP contribution in [0.15, 0.2) is 218 Å². The molecule has 0 atom stereocenters. The van der Waals surface area contributed by atoms with Crippen LogP contribution in [0.25, 0.3) is 0 Å². The minimum Gasteiger partial charge on any atom is -0.497 e. The summed E-state index contributed by atoms with van der Waals surface area (Å²) in [5.41, 5.74) is 26.5. The van der Waals surface area contributed by atoms with Gasteiger partial charge in [-0.05, 0) is 265 Å². The maximum atomic E-state index is 12.7. The summed E-state index contributed by atoms with van der Waals surface area (Å²) in [4.78, 5) is 0. The van der Waals surface area contributed by atoms with Crippen molar-refractivity contribution >= 4 is 23.2 Å². The van der Waals surface area contributed by atoms with E-state index in [1.807, 2.05) is 75.4 Å². The summed E-state index contributed by atoms with van der Waals surface area (Å²) < 4.78 is 82.2. The number of ether oxygens (including phenoxy) is 11. The molecule has 0 bridgehead atoms. The Kier molecular flexibility index (Phi) is 39.9. The number of methoxy groups -OCH3 is 2. The molecule has 0 radical (unpaired) electrons. The highest BCUT2D eigenvalue weighted by molar-refractivity contribution is 6.32. The minimum absolute atomic E-state index is 0.0907. The first-order valence-electron chi connectivity index (χ1n) is 50.1. The molecule has 15 heteroatoms. The molecule has 0 N–H and O–H groups in total. The first-order valence-corrected chi connectivity index (χ1v) is 50.8. The van der Waals surface area contributed by atoms with E-state index in [0.29, 0.717) is 30.4 Å². The molecule has 141 heavy (non-hydrogen) atoms. The standard InChI is InChI=1S/C13H18.C12H16O2.3C12H16O.C11H15ClO.C11H12F2O2.C11H14O2.C11H16O.C11H16.C10H13Cl/c1-13(2,3)12-8-7-10-5-4-6-11(10)9-12;1-12(2,3)9-4-5-10-11(8-9)14-7-6-13-10;1-12(2,3)11-5-4-9-7-13-8-10(9)6-11;1-12(2,3)10-4-5-11-9(8-10)6-7-13-11;1-12(2,3)10-5-4-9-6-7-13-11(9)8-10;1-11(2,3)8-5-6-10(13-4)9(12)7-8;1-10(2,3)7-4-5-8-9(6-7)15-11(12,13)14-8;1-11(2,3)8-4-5-9-10(6-8)13-7-12-9;1-11(2,3)9-5-7-10(12-4)8-6-9;1-9-6-5-7-10(8-9)11(2,3)4;1-10(2,3)8-4-6-9(11)7-5-8/h7-9H,4-6H2,1-3H3;4-5,8H,6-7H2,1-3H3;4-6H,7-8H2,1-3H3;2*4-5,8H,6-7H2,1-3H3;5-7H,1-4H3;4-6H,1-3H3;4-6H,7H2,1-3H3;5-8H,1-4H3;5-8H,1-4H3;4-7H,1-3H3. The maximum Gasteiger partial charge on any atom is 0.586 e. The van der Waals surface area contributed by atoms with Crippen molar-refractivity contribution in [3.63, 3.8) is 0 Å². The van der Waals surface area contributed by atoms with E-state index in [4.69, 9.17) is 65.8 Å². The van der Waals surface area contributed by atoms with Gasteiger partial charge in [-0.2, -0.15) is 0 Å². The maximum absolute atomic E-state index is 12.7. The summed E-state index contributed by atoms with van der Waals surface area (Å²) >= 11 is 11.8. The molecule has 0 aromatic heterocycles. The van der Waals surface area contributed by atoms with Crippen LogP contribution in [-0.2, 0) is 103 Å². The van der Waals surface area contributed by atoms with Gasteiger partial charge in [0.15, 0.2) is 34.5 Å². The highest BCUT2D eigenvalue weighted by Crippen LogP contribution is 2.45. The number of hydrogen-bond donors (Lipinski definition) is 0. The van der Waals surface area contributed by atoms with Gasteiger partial charge in [0.05, 0.1) is 45.7 Å². The second-order valence-electron chi connectivity index (χ2n) is 48.6. The fourth-order valence-corrected chi connectivity index (χ4v) is 15.9. The average Bonchev–Trinajstić information content (AvgIpc) is 1.65. The van der Waals surface area contributed by atoms with Gasteiger partial charge in [0, 0.05) is 17.9 Å². The molecule has 11 aromatic rings. The molecule has 0 spiro atoms. The lowest BCUT2D eigenvalue weighted by Crippen LogP contribution is -2.25. The second-order valence-corrected chi connectivity index (χ2v) is 49.5. The Hall–Kier alpha value is -10.2. The molecule has 0 amide bonds. The summed E-state index contributed by atoms with van der Waals surface area (Å²) in [6, 6.07) is 74.9. The van der Waals surface area contributed by atoms with Gasteiger partial charge in [-0.15, -0.1) is 8.78 Å². The van der Waals surface area contributed by atoms with E-state index in [9.17, 15) is 8.78 Å². The fourth-order valence-electron chi connectivity index (χ4n) is 15.5. The predicted octanol–water partition coefficient (Wildman–Crippen LogP) is 34.7. The third-order valence-electron chi connectivity index (χ3n) is 25.2. The molecular formula is C126H168Cl2F2O11. The number of hydrogen-bond acceptors (Lipinski definition) is 11. The van der Waals surface area contributed by atoms with E-state index in [-0.39, 0.29) is 65.6 Å². The van der Waals surface area contributed by atoms with Gasteiger partial charge in [-0.1, -0.05) is 391 Å². The molecule has 18 rings (SSSR count). The van der Waals surface area contributed by atoms with Crippen LogP contribution in [-0.4, -0.2) is 53.7 Å².